The molecule has 0 amide bonds. The molecule has 0 unspecified atom stereocenters. The van der Waals surface area contributed by atoms with Gasteiger partial charge in [-0.2, -0.15) is 0 Å². The zero-order valence-corrected chi connectivity index (χ0v) is 22.7. The monoisotopic (exact) mass is 518 g/mol. The molecular weight excluding hydrogens is 484 g/mol. The highest BCUT2D eigenvalue weighted by Gasteiger charge is 2.13. The summed E-state index contributed by atoms with van der Waals surface area (Å²) in [5, 5.41) is 6.67. The Morgan fingerprint density at radius 2 is 1.45 bits per heavy atom. The van der Waals surface area contributed by atoms with Gasteiger partial charge in [0.05, 0.1) is 5.69 Å². The molecule has 5 aromatic rings. The Labute approximate surface area is 230 Å². The molecule has 0 aliphatic carbocycles. The van der Waals surface area contributed by atoms with Crippen LogP contribution in [0, 0.1) is 0 Å². The number of nitrogens with zero attached hydrogens (tertiary/aromatic N) is 3. The van der Waals surface area contributed by atoms with Gasteiger partial charge in [0.2, 0.25) is 0 Å². The first kappa shape index (κ1) is 25.7. The van der Waals surface area contributed by atoms with E-state index in [4.69, 9.17) is 4.98 Å². The molecule has 2 aromatic heterocycles. The van der Waals surface area contributed by atoms with E-state index in [2.05, 4.69) is 118 Å². The summed E-state index contributed by atoms with van der Waals surface area (Å²) >= 11 is 1.72. The lowest BCUT2D eigenvalue weighted by Crippen LogP contribution is -2.25. The van der Waals surface area contributed by atoms with Crippen molar-refractivity contribution in [2.75, 3.05) is 16.8 Å². The lowest BCUT2D eigenvalue weighted by atomic mass is 10.1. The van der Waals surface area contributed by atoms with Gasteiger partial charge in [-0.15, -0.1) is 11.3 Å². The van der Waals surface area contributed by atoms with Crippen molar-refractivity contribution in [1.29, 1.82) is 0 Å². The van der Waals surface area contributed by atoms with Crippen molar-refractivity contribution in [3.63, 3.8) is 0 Å². The number of pyridine rings is 1. The van der Waals surface area contributed by atoms with Crippen molar-refractivity contribution in [1.82, 2.24) is 9.97 Å². The number of hydrogen-bond acceptors (Lipinski definition) is 5. The molecule has 0 fully saturated rings. The van der Waals surface area contributed by atoms with Gasteiger partial charge in [-0.25, -0.2) is 9.97 Å². The summed E-state index contributed by atoms with van der Waals surface area (Å²) in [7, 11) is 0. The number of nitrogens with one attached hydrogen (secondary N) is 1. The van der Waals surface area contributed by atoms with Crippen LogP contribution in [0.4, 0.5) is 10.9 Å². The molecule has 5 rings (SSSR count). The molecular formula is C33H34N4S. The Morgan fingerprint density at radius 1 is 0.737 bits per heavy atom. The fourth-order valence-corrected chi connectivity index (χ4v) is 5.31. The first-order valence-corrected chi connectivity index (χ1v) is 14.2. The summed E-state index contributed by atoms with van der Waals surface area (Å²) in [6.45, 7) is 4.68. The molecule has 0 atom stereocenters. The maximum atomic E-state index is 5.02. The fraction of sp³-hybridized carbons (Fsp3) is 0.212. The topological polar surface area (TPSA) is 41.0 Å². The van der Waals surface area contributed by atoms with Crippen LogP contribution in [-0.2, 0) is 25.9 Å². The minimum atomic E-state index is 0.755. The van der Waals surface area contributed by atoms with E-state index in [1.807, 2.05) is 12.3 Å². The second-order valence-corrected chi connectivity index (χ2v) is 10.3. The molecule has 0 spiro atoms. The predicted molar refractivity (Wildman–Crippen MR) is 161 cm³/mol. The maximum Gasteiger partial charge on any atom is 0.186 e. The first-order chi connectivity index (χ1) is 18.8. The van der Waals surface area contributed by atoms with Gasteiger partial charge < -0.3 is 10.2 Å². The predicted octanol–water partition coefficient (Wildman–Crippen LogP) is 8.02. The molecule has 5 heteroatoms. The van der Waals surface area contributed by atoms with E-state index in [-0.39, 0.29) is 0 Å². The lowest BCUT2D eigenvalue weighted by molar-refractivity contribution is 0.778. The highest BCUT2D eigenvalue weighted by molar-refractivity contribution is 7.14. The molecule has 38 heavy (non-hydrogen) atoms. The van der Waals surface area contributed by atoms with Crippen molar-refractivity contribution < 1.29 is 0 Å². The summed E-state index contributed by atoms with van der Waals surface area (Å²) in [6.07, 6.45) is 5.17. The minimum Gasteiger partial charge on any atom is -0.366 e. The molecule has 3 aromatic carbocycles. The van der Waals surface area contributed by atoms with Gasteiger partial charge in [0.1, 0.15) is 5.82 Å². The van der Waals surface area contributed by atoms with Crippen LogP contribution in [0.3, 0.4) is 0 Å². The summed E-state index contributed by atoms with van der Waals surface area (Å²) in [5.74, 6) is 0.916. The van der Waals surface area contributed by atoms with E-state index in [0.29, 0.717) is 0 Å². The van der Waals surface area contributed by atoms with Gasteiger partial charge >= 0.3 is 0 Å². The average Bonchev–Trinajstić information content (AvgIpc) is 3.47. The summed E-state index contributed by atoms with van der Waals surface area (Å²) in [5.41, 5.74) is 7.34. The SMILES string of the molecule is CCCc1ccc(NCc2ccc(CN(CCc3ccccc3)c3nc(-c4ccccc4)cs3)cc2)nc1. The summed E-state index contributed by atoms with van der Waals surface area (Å²) in [6, 6.07) is 34.2. The van der Waals surface area contributed by atoms with Gasteiger partial charge in [0, 0.05) is 36.8 Å². The van der Waals surface area contributed by atoms with E-state index in [1.54, 1.807) is 11.3 Å². The minimum absolute atomic E-state index is 0.755. The highest BCUT2D eigenvalue weighted by Crippen LogP contribution is 2.28. The number of benzene rings is 3. The Balaban J connectivity index is 1.25. The average molecular weight is 519 g/mol. The molecule has 0 saturated heterocycles. The van der Waals surface area contributed by atoms with Crippen LogP contribution in [0.25, 0.3) is 11.3 Å². The van der Waals surface area contributed by atoms with Crippen LogP contribution in [-0.4, -0.2) is 16.5 Å². The van der Waals surface area contributed by atoms with Crippen LogP contribution < -0.4 is 10.2 Å². The third-order valence-corrected chi connectivity index (χ3v) is 7.48. The van der Waals surface area contributed by atoms with Crippen LogP contribution in [0.1, 0.15) is 35.6 Å². The Morgan fingerprint density at radius 3 is 2.16 bits per heavy atom. The van der Waals surface area contributed by atoms with E-state index >= 15 is 0 Å². The zero-order chi connectivity index (χ0) is 26.0. The van der Waals surface area contributed by atoms with Gasteiger partial charge in [0.15, 0.2) is 5.13 Å². The molecule has 0 radical (unpaired) electrons. The normalized spacial score (nSPS) is 10.9. The second-order valence-electron chi connectivity index (χ2n) is 9.51. The third-order valence-electron chi connectivity index (χ3n) is 6.58. The van der Waals surface area contributed by atoms with Crippen molar-refractivity contribution in [3.05, 3.63) is 131 Å². The van der Waals surface area contributed by atoms with Crippen LogP contribution >= 0.6 is 11.3 Å². The third kappa shape index (κ3) is 7.08. The largest absolute Gasteiger partial charge is 0.366 e. The summed E-state index contributed by atoms with van der Waals surface area (Å²) in [4.78, 5) is 12.0. The van der Waals surface area contributed by atoms with Crippen LogP contribution in [0.15, 0.2) is 109 Å². The molecule has 192 valence electrons. The van der Waals surface area contributed by atoms with Crippen molar-refractivity contribution in [3.8, 4) is 11.3 Å². The Hall–Kier alpha value is -3.96. The van der Waals surface area contributed by atoms with Gasteiger partial charge in [0.25, 0.3) is 0 Å². The standard InChI is InChI=1S/C33H34N4S/c1-2-9-27-18-19-32(34-22-27)35-23-28-14-16-29(17-15-28)24-37(21-20-26-10-5-3-6-11-26)33-36-31(25-38-33)30-12-7-4-8-13-30/h3-8,10-19,22,25H,2,9,20-21,23-24H2,1H3,(H,34,35). The quantitative estimate of drug-likeness (QED) is 0.182. The fourth-order valence-electron chi connectivity index (χ4n) is 4.44. The zero-order valence-electron chi connectivity index (χ0n) is 21.9. The molecule has 0 aliphatic heterocycles. The van der Waals surface area contributed by atoms with Crippen LogP contribution in [0.5, 0.6) is 0 Å². The van der Waals surface area contributed by atoms with E-state index in [1.165, 1.54) is 22.3 Å². The molecule has 4 nitrogen and oxygen atoms in total. The van der Waals surface area contributed by atoms with Gasteiger partial charge in [-0.3, -0.25) is 0 Å². The smallest absolute Gasteiger partial charge is 0.186 e. The second kappa shape index (κ2) is 13.0. The highest BCUT2D eigenvalue weighted by atomic mass is 32.1. The number of rotatable bonds is 12. The van der Waals surface area contributed by atoms with Gasteiger partial charge in [-0.1, -0.05) is 104 Å². The number of aromatic nitrogens is 2. The van der Waals surface area contributed by atoms with Crippen molar-refractivity contribution in [2.45, 2.75) is 39.3 Å². The van der Waals surface area contributed by atoms with Gasteiger partial charge in [-0.05, 0) is 41.2 Å². The molecule has 2 heterocycles. The number of thiazole rings is 1. The Kier molecular flexibility index (Phi) is 8.80. The number of aryl methyl sites for hydroxylation is 1. The van der Waals surface area contributed by atoms with E-state index < -0.39 is 0 Å². The molecule has 0 saturated carbocycles. The van der Waals surface area contributed by atoms with E-state index in [9.17, 15) is 0 Å². The molecule has 0 aliphatic rings. The molecule has 1 N–H and O–H groups in total. The lowest BCUT2D eigenvalue weighted by Gasteiger charge is -2.22. The maximum absolute atomic E-state index is 5.02. The number of anilines is 2. The summed E-state index contributed by atoms with van der Waals surface area (Å²) < 4.78 is 0. The van der Waals surface area contributed by atoms with Crippen molar-refractivity contribution >= 4 is 22.3 Å². The first-order valence-electron chi connectivity index (χ1n) is 13.3. The van der Waals surface area contributed by atoms with Crippen LogP contribution in [0.2, 0.25) is 0 Å². The van der Waals surface area contributed by atoms with Crippen molar-refractivity contribution in [2.24, 2.45) is 0 Å². The Bertz CT molecular complexity index is 1380. The molecule has 0 bridgehead atoms. The van der Waals surface area contributed by atoms with E-state index in [0.717, 1.165) is 61.1 Å². The number of hydrogen-bond donors (Lipinski definition) is 1.